The van der Waals surface area contributed by atoms with Crippen molar-refractivity contribution >= 4 is 32.3 Å². The van der Waals surface area contributed by atoms with Gasteiger partial charge in [0.2, 0.25) is 5.91 Å². The fourth-order valence-electron chi connectivity index (χ4n) is 1.28. The van der Waals surface area contributed by atoms with E-state index in [-0.39, 0.29) is 17.0 Å². The zero-order chi connectivity index (χ0) is 13.6. The molecule has 0 spiro atoms. The summed E-state index contributed by atoms with van der Waals surface area (Å²) in [6.45, 7) is 0.303. The summed E-state index contributed by atoms with van der Waals surface area (Å²) in [5.41, 5.74) is 0.494. The van der Waals surface area contributed by atoms with Gasteiger partial charge >= 0.3 is 10.5 Å². The Kier molecular flexibility index (Phi) is 5.54. The minimum atomic E-state index is -5.04. The van der Waals surface area contributed by atoms with Gasteiger partial charge < -0.3 is 9.50 Å². The number of benzene rings is 1. The molecular weight excluding hydrogens is 329 g/mol. The van der Waals surface area contributed by atoms with Gasteiger partial charge in [-0.1, -0.05) is 38.0 Å². The molecular formula is C10H11BrFNO4S. The molecule has 0 radical (unpaired) electrons. The number of carbonyl (C=O) groups is 1. The van der Waals surface area contributed by atoms with Gasteiger partial charge in [0.25, 0.3) is 0 Å². The maximum atomic E-state index is 12.4. The van der Waals surface area contributed by atoms with E-state index in [1.807, 2.05) is 0 Å². The Hall–Kier alpha value is -1.15. The van der Waals surface area contributed by atoms with Gasteiger partial charge in [-0.15, -0.1) is 0 Å². The van der Waals surface area contributed by atoms with Crippen LogP contribution in [-0.4, -0.2) is 26.2 Å². The molecule has 1 rings (SSSR count). The Labute approximate surface area is 113 Å². The molecule has 0 aliphatic heterocycles. The third kappa shape index (κ3) is 5.46. The van der Waals surface area contributed by atoms with Crippen LogP contribution in [0.3, 0.4) is 0 Å². The summed E-state index contributed by atoms with van der Waals surface area (Å²) in [4.78, 5) is 11.0. The number of halogens is 2. The van der Waals surface area contributed by atoms with Gasteiger partial charge in [0.05, 0.1) is 5.33 Å². The highest BCUT2D eigenvalue weighted by Crippen LogP contribution is 2.20. The van der Waals surface area contributed by atoms with Crippen LogP contribution in [0.4, 0.5) is 3.89 Å². The second kappa shape index (κ2) is 6.69. The third-order valence-corrected chi connectivity index (χ3v) is 2.89. The van der Waals surface area contributed by atoms with Crippen molar-refractivity contribution in [3.8, 4) is 5.75 Å². The Bertz CT molecular complexity index is 520. The van der Waals surface area contributed by atoms with Crippen LogP contribution in [-0.2, 0) is 21.7 Å². The lowest BCUT2D eigenvalue weighted by molar-refractivity contribution is -0.118. The van der Waals surface area contributed by atoms with E-state index in [4.69, 9.17) is 0 Å². The van der Waals surface area contributed by atoms with E-state index >= 15 is 0 Å². The third-order valence-electron chi connectivity index (χ3n) is 2.00. The first kappa shape index (κ1) is 14.9. The van der Waals surface area contributed by atoms with E-state index in [0.717, 1.165) is 0 Å². The summed E-state index contributed by atoms with van der Waals surface area (Å²) in [6, 6.07) is 6.14. The van der Waals surface area contributed by atoms with Crippen LogP contribution in [0.1, 0.15) is 5.56 Å². The summed E-state index contributed by atoms with van der Waals surface area (Å²) in [5, 5.41) is 2.77. The van der Waals surface area contributed by atoms with Crippen molar-refractivity contribution in [2.24, 2.45) is 0 Å². The lowest BCUT2D eigenvalue weighted by atomic mass is 10.1. The monoisotopic (exact) mass is 339 g/mol. The molecule has 1 aromatic carbocycles. The number of carbonyl (C=O) groups excluding carboxylic acids is 1. The predicted molar refractivity (Wildman–Crippen MR) is 67.6 cm³/mol. The van der Waals surface area contributed by atoms with Crippen LogP contribution in [0.5, 0.6) is 5.75 Å². The fraction of sp³-hybridized carbons (Fsp3) is 0.300. The minimum absolute atomic E-state index is 0.0758. The van der Waals surface area contributed by atoms with Gasteiger partial charge in [-0.2, -0.15) is 8.42 Å². The van der Waals surface area contributed by atoms with Crippen molar-refractivity contribution < 1.29 is 21.3 Å². The molecule has 8 heteroatoms. The zero-order valence-corrected chi connectivity index (χ0v) is 11.6. The molecule has 1 amide bonds. The zero-order valence-electron chi connectivity index (χ0n) is 9.23. The van der Waals surface area contributed by atoms with Crippen molar-refractivity contribution in [2.75, 3.05) is 11.9 Å². The van der Waals surface area contributed by atoms with Crippen molar-refractivity contribution in [3.63, 3.8) is 0 Å². The molecule has 100 valence electrons. The molecule has 0 atom stereocenters. The highest BCUT2D eigenvalue weighted by Gasteiger charge is 2.12. The first-order valence-electron chi connectivity index (χ1n) is 4.97. The van der Waals surface area contributed by atoms with Crippen molar-refractivity contribution in [3.05, 3.63) is 29.8 Å². The van der Waals surface area contributed by atoms with E-state index in [0.29, 0.717) is 18.5 Å². The second-order valence-corrected chi connectivity index (χ2v) is 4.83. The quantitative estimate of drug-likeness (QED) is 0.627. The van der Waals surface area contributed by atoms with Gasteiger partial charge in [0.1, 0.15) is 5.75 Å². The highest BCUT2D eigenvalue weighted by molar-refractivity contribution is 9.09. The molecule has 0 aliphatic carbocycles. The smallest absolute Gasteiger partial charge is 0.358 e. The number of nitrogens with one attached hydrogen (secondary N) is 1. The number of rotatable bonds is 6. The van der Waals surface area contributed by atoms with Crippen molar-refractivity contribution in [1.29, 1.82) is 0 Å². The Morgan fingerprint density at radius 2 is 2.06 bits per heavy atom. The first-order valence-corrected chi connectivity index (χ1v) is 7.40. The van der Waals surface area contributed by atoms with E-state index in [2.05, 4.69) is 25.4 Å². The van der Waals surface area contributed by atoms with E-state index < -0.39 is 10.5 Å². The number of hydrogen-bond donors (Lipinski definition) is 1. The topological polar surface area (TPSA) is 72.5 Å². The average Bonchev–Trinajstić information content (AvgIpc) is 2.29. The number of hydrogen-bond acceptors (Lipinski definition) is 4. The van der Waals surface area contributed by atoms with Crippen LogP contribution in [0.15, 0.2) is 24.3 Å². The summed E-state index contributed by atoms with van der Waals surface area (Å²) in [6.07, 6.45) is 0.338. The number of alkyl halides is 1. The minimum Gasteiger partial charge on any atom is -0.358 e. The summed E-state index contributed by atoms with van der Waals surface area (Å²) in [5.74, 6) is -0.264. The van der Waals surface area contributed by atoms with Crippen LogP contribution >= 0.6 is 15.9 Å². The van der Waals surface area contributed by atoms with Gasteiger partial charge in [-0.05, 0) is 18.1 Å². The van der Waals surface area contributed by atoms with Gasteiger partial charge in [0.15, 0.2) is 0 Å². The summed E-state index contributed by atoms with van der Waals surface area (Å²) < 4.78 is 37.5. The molecule has 18 heavy (non-hydrogen) atoms. The fourth-order valence-corrected chi connectivity index (χ4v) is 1.86. The van der Waals surface area contributed by atoms with Crippen LogP contribution in [0.2, 0.25) is 0 Å². The molecule has 0 bridgehead atoms. The maximum Gasteiger partial charge on any atom is 0.488 e. The van der Waals surface area contributed by atoms with Gasteiger partial charge in [0, 0.05) is 6.54 Å². The largest absolute Gasteiger partial charge is 0.488 e. The molecule has 1 N–H and O–H groups in total. The van der Waals surface area contributed by atoms with Crippen LogP contribution in [0, 0.1) is 0 Å². The summed E-state index contributed by atoms with van der Waals surface area (Å²) >= 11 is 2.99. The standard InChI is InChI=1S/C10H11BrFNO4S/c11-7-10(14)13-6-5-8-3-1-2-4-9(8)17-18(12,15)16/h1-4H,5-7H2,(H,13,14). The SMILES string of the molecule is O=C(CBr)NCCc1ccccc1OS(=O)(=O)F. The molecule has 0 heterocycles. The molecule has 0 aromatic heterocycles. The molecule has 5 nitrogen and oxygen atoms in total. The maximum absolute atomic E-state index is 12.4. The molecule has 0 saturated heterocycles. The average molecular weight is 340 g/mol. The van der Waals surface area contributed by atoms with Crippen LogP contribution in [0.25, 0.3) is 0 Å². The molecule has 1 aromatic rings. The Balaban J connectivity index is 2.68. The van der Waals surface area contributed by atoms with Crippen molar-refractivity contribution in [1.82, 2.24) is 5.32 Å². The Morgan fingerprint density at radius 3 is 2.67 bits per heavy atom. The highest BCUT2D eigenvalue weighted by atomic mass is 79.9. The molecule has 0 aliphatic rings. The van der Waals surface area contributed by atoms with E-state index in [9.17, 15) is 17.1 Å². The normalized spacial score (nSPS) is 11.0. The molecule has 0 saturated carbocycles. The predicted octanol–water partition coefficient (Wildman–Crippen LogP) is 1.33. The van der Waals surface area contributed by atoms with E-state index in [1.54, 1.807) is 12.1 Å². The van der Waals surface area contributed by atoms with Crippen molar-refractivity contribution in [2.45, 2.75) is 6.42 Å². The first-order chi connectivity index (χ1) is 8.42. The lowest BCUT2D eigenvalue weighted by Gasteiger charge is -2.08. The summed E-state index contributed by atoms with van der Waals surface area (Å²) in [7, 11) is -5.04. The van der Waals surface area contributed by atoms with Crippen LogP contribution < -0.4 is 9.50 Å². The Morgan fingerprint density at radius 1 is 1.39 bits per heavy atom. The molecule has 0 fully saturated rings. The number of amides is 1. The number of para-hydroxylation sites is 1. The second-order valence-electron chi connectivity index (χ2n) is 3.32. The van der Waals surface area contributed by atoms with Gasteiger partial charge in [-0.25, -0.2) is 0 Å². The molecule has 0 unspecified atom stereocenters. The van der Waals surface area contributed by atoms with Gasteiger partial charge in [-0.3, -0.25) is 4.79 Å². The lowest BCUT2D eigenvalue weighted by Crippen LogP contribution is -2.26. The van der Waals surface area contributed by atoms with E-state index in [1.165, 1.54) is 12.1 Å².